The van der Waals surface area contributed by atoms with E-state index in [0.717, 1.165) is 6.42 Å². The Morgan fingerprint density at radius 3 is 3.29 bits per heavy atom. The van der Waals surface area contributed by atoms with Crippen LogP contribution in [0.2, 0.25) is 0 Å². The molecule has 0 fully saturated rings. The van der Waals surface area contributed by atoms with Gasteiger partial charge in [-0.2, -0.15) is 0 Å². The second-order valence-electron chi connectivity index (χ2n) is 1.48. The molecule has 0 saturated heterocycles. The Balaban J connectivity index is 2.60. The fraction of sp³-hybridized carbons (Fsp3) is 0.167. The van der Waals surface area contributed by atoms with Crippen LogP contribution >= 0.6 is 0 Å². The Morgan fingerprint density at radius 1 is 1.29 bits per heavy atom. The molecule has 0 saturated carbocycles. The lowest BCUT2D eigenvalue weighted by molar-refractivity contribution is 1.41. The molecule has 0 spiro atoms. The Morgan fingerprint density at radius 2 is 2.29 bits per heavy atom. The van der Waals surface area contributed by atoms with Crippen molar-refractivity contribution in [3.63, 3.8) is 0 Å². The Labute approximate surface area is 46.0 Å². The highest BCUT2D eigenvalue weighted by molar-refractivity contribution is 6.54. The van der Waals surface area contributed by atoms with Crippen LogP contribution in [0.4, 0.5) is 0 Å². The number of hydrogen-bond acceptors (Lipinski definition) is 0. The lowest BCUT2D eigenvalue weighted by atomic mass is 10.4. The second-order valence-corrected chi connectivity index (χ2v) is 2.63. The molecule has 0 aromatic carbocycles. The van der Waals surface area contributed by atoms with E-state index in [1.165, 1.54) is 0 Å². The van der Waals surface area contributed by atoms with E-state index < -0.39 is 0 Å². The summed E-state index contributed by atoms with van der Waals surface area (Å²) in [5, 5.41) is 0. The van der Waals surface area contributed by atoms with Crippen molar-refractivity contribution < 1.29 is 0 Å². The van der Waals surface area contributed by atoms with Gasteiger partial charge in [-0.05, 0) is 6.42 Å². The quantitative estimate of drug-likeness (QED) is 0.401. The van der Waals surface area contributed by atoms with Crippen molar-refractivity contribution in [2.75, 3.05) is 0 Å². The van der Waals surface area contributed by atoms with Crippen LogP contribution in [0.15, 0.2) is 23.9 Å². The van der Waals surface area contributed by atoms with Crippen LogP contribution in [0.25, 0.3) is 0 Å². The SMILES string of the molecule is C1=CCC=C[SiH]=C1. The zero-order valence-electron chi connectivity index (χ0n) is 4.17. The highest BCUT2D eigenvalue weighted by Gasteiger charge is 1.71. The van der Waals surface area contributed by atoms with Crippen molar-refractivity contribution in [3.8, 4) is 0 Å². The van der Waals surface area contributed by atoms with Crippen molar-refractivity contribution in [3.05, 3.63) is 23.9 Å². The first-order chi connectivity index (χ1) is 3.50. The predicted octanol–water partition coefficient (Wildman–Crippen LogP) is 0.699. The highest BCUT2D eigenvalue weighted by atomic mass is 28.2. The van der Waals surface area contributed by atoms with Crippen LogP contribution in [-0.2, 0) is 0 Å². The van der Waals surface area contributed by atoms with Crippen LogP contribution in [0, 0.1) is 0 Å². The summed E-state index contributed by atoms with van der Waals surface area (Å²) in [7, 11) is 0.492. The zero-order valence-corrected chi connectivity index (χ0v) is 5.33. The molecule has 0 bridgehead atoms. The molecule has 0 amide bonds. The predicted molar refractivity (Wildman–Crippen MR) is 36.1 cm³/mol. The summed E-state index contributed by atoms with van der Waals surface area (Å²) in [6.45, 7) is 0. The van der Waals surface area contributed by atoms with Gasteiger partial charge in [0.25, 0.3) is 0 Å². The topological polar surface area (TPSA) is 0 Å². The molecule has 0 atom stereocenters. The van der Waals surface area contributed by atoms with Crippen LogP contribution in [0.3, 0.4) is 0 Å². The third kappa shape index (κ3) is 1.64. The van der Waals surface area contributed by atoms with Gasteiger partial charge in [0.15, 0.2) is 0 Å². The van der Waals surface area contributed by atoms with Gasteiger partial charge in [-0.15, -0.1) is 0 Å². The summed E-state index contributed by atoms with van der Waals surface area (Å²) in [6.07, 6.45) is 7.67. The van der Waals surface area contributed by atoms with Gasteiger partial charge in [-0.25, -0.2) is 0 Å². The Hall–Kier alpha value is -0.433. The Kier molecular flexibility index (Phi) is 1.82. The van der Waals surface area contributed by atoms with Crippen molar-refractivity contribution >= 4 is 14.8 Å². The van der Waals surface area contributed by atoms with E-state index in [4.69, 9.17) is 0 Å². The molecule has 1 heteroatoms. The van der Waals surface area contributed by atoms with Crippen LogP contribution < -0.4 is 0 Å². The number of allylic oxidation sites excluding steroid dienone is 3. The second kappa shape index (κ2) is 2.69. The van der Waals surface area contributed by atoms with E-state index in [1.807, 2.05) is 0 Å². The van der Waals surface area contributed by atoms with Crippen LogP contribution in [0.1, 0.15) is 6.42 Å². The van der Waals surface area contributed by atoms with Gasteiger partial charge in [0, 0.05) is 9.13 Å². The van der Waals surface area contributed by atoms with Gasteiger partial charge in [-0.1, -0.05) is 29.6 Å². The number of hydrogen-bond donors (Lipinski definition) is 0. The zero-order chi connectivity index (χ0) is 4.95. The van der Waals surface area contributed by atoms with Crippen molar-refractivity contribution in [2.45, 2.75) is 6.42 Å². The van der Waals surface area contributed by atoms with Gasteiger partial charge >= 0.3 is 0 Å². The average molecular weight is 108 g/mol. The maximum atomic E-state index is 2.26. The molecule has 0 nitrogen and oxygen atoms in total. The largest absolute Gasteiger partial charge is 0.0853 e. The minimum Gasteiger partial charge on any atom is -0.0853 e. The monoisotopic (exact) mass is 108 g/mol. The first kappa shape index (κ1) is 4.72. The minimum atomic E-state index is 0.492. The molecule has 0 N–H and O–H groups in total. The molecule has 1 heterocycles. The minimum absolute atomic E-state index is 0.492. The van der Waals surface area contributed by atoms with Gasteiger partial charge < -0.3 is 0 Å². The molecule has 0 aromatic heterocycles. The van der Waals surface area contributed by atoms with Crippen molar-refractivity contribution in [2.24, 2.45) is 0 Å². The summed E-state index contributed by atoms with van der Waals surface area (Å²) in [4.78, 5) is 0. The fourth-order valence-electron chi connectivity index (χ4n) is 0.521. The lowest BCUT2D eigenvalue weighted by Crippen LogP contribution is -1.68. The summed E-state index contributed by atoms with van der Waals surface area (Å²) in [5.74, 6) is 0. The number of rotatable bonds is 0. The first-order valence-corrected chi connectivity index (χ1v) is 3.82. The summed E-state index contributed by atoms with van der Waals surface area (Å²) >= 11 is 0. The fourth-order valence-corrected chi connectivity index (χ4v) is 1.25. The third-order valence-electron chi connectivity index (χ3n) is 0.878. The van der Waals surface area contributed by atoms with Crippen molar-refractivity contribution in [1.29, 1.82) is 0 Å². The molecule has 0 aliphatic carbocycles. The standard InChI is InChI=1S/C6H8Si/c1-2-4-6-7-5-3-1/h1,3-7H,2H2. The molecular weight excluding hydrogens is 100 g/mol. The maximum absolute atomic E-state index is 2.26. The van der Waals surface area contributed by atoms with Gasteiger partial charge in [-0.3, -0.25) is 0 Å². The molecule has 0 radical (unpaired) electrons. The van der Waals surface area contributed by atoms with Gasteiger partial charge in [0.2, 0.25) is 0 Å². The summed E-state index contributed by atoms with van der Waals surface area (Å²) in [5.41, 5.74) is 4.50. The normalized spacial score (nSPS) is 17.1. The summed E-state index contributed by atoms with van der Waals surface area (Å²) in [6, 6.07) is 0. The molecule has 1 aliphatic rings. The van der Waals surface area contributed by atoms with E-state index in [-0.39, 0.29) is 0 Å². The van der Waals surface area contributed by atoms with E-state index in [9.17, 15) is 0 Å². The lowest BCUT2D eigenvalue weighted by Gasteiger charge is -1.69. The molecule has 1 aliphatic heterocycles. The first-order valence-electron chi connectivity index (χ1n) is 2.48. The van der Waals surface area contributed by atoms with Crippen molar-refractivity contribution in [1.82, 2.24) is 0 Å². The molecule has 0 aromatic rings. The highest BCUT2D eigenvalue weighted by Crippen LogP contribution is 1.84. The van der Waals surface area contributed by atoms with E-state index in [1.54, 1.807) is 0 Å². The Bertz CT molecular complexity index is 106. The molecule has 0 unspecified atom stereocenters. The maximum Gasteiger partial charge on any atom is 0.0194 e. The van der Waals surface area contributed by atoms with Gasteiger partial charge in [0.1, 0.15) is 0 Å². The smallest absolute Gasteiger partial charge is 0.0194 e. The molecule has 1 rings (SSSR count). The summed E-state index contributed by atoms with van der Waals surface area (Å²) < 4.78 is 0. The third-order valence-corrected chi connectivity index (χ3v) is 1.82. The molecule has 36 valence electrons. The molecule has 7 heavy (non-hydrogen) atoms. The van der Waals surface area contributed by atoms with E-state index >= 15 is 0 Å². The van der Waals surface area contributed by atoms with Crippen LogP contribution in [0.5, 0.6) is 0 Å². The van der Waals surface area contributed by atoms with Gasteiger partial charge in [0.05, 0.1) is 0 Å². The average Bonchev–Trinajstić information content (AvgIpc) is 1.90. The van der Waals surface area contributed by atoms with Crippen LogP contribution in [-0.4, -0.2) is 14.8 Å². The van der Waals surface area contributed by atoms with E-state index in [2.05, 4.69) is 29.6 Å². The van der Waals surface area contributed by atoms with E-state index in [0.29, 0.717) is 9.13 Å². The molecular formula is C6H8Si.